The van der Waals surface area contributed by atoms with Gasteiger partial charge in [-0.1, -0.05) is 30.3 Å². The fraction of sp³-hybridized carbons (Fsp3) is 0.357. The summed E-state index contributed by atoms with van der Waals surface area (Å²) in [6, 6.07) is 12.8. The molecule has 1 heterocycles. The number of hydrogen-bond donors (Lipinski definition) is 1. The van der Waals surface area contributed by atoms with E-state index in [1.165, 1.54) is 47.9 Å². The van der Waals surface area contributed by atoms with Crippen molar-refractivity contribution >= 4 is 23.1 Å². The quantitative estimate of drug-likeness (QED) is 0.738. The van der Waals surface area contributed by atoms with Gasteiger partial charge in [0.2, 0.25) is 0 Å². The zero-order valence-electron chi connectivity index (χ0n) is 18.3. The molecule has 1 aliphatic heterocycles. The van der Waals surface area contributed by atoms with E-state index in [-0.39, 0.29) is 18.7 Å². The molecule has 0 unspecified atom stereocenters. The lowest BCUT2D eigenvalue weighted by Crippen LogP contribution is -2.22. The maximum Gasteiger partial charge on any atom is 0.256 e. The minimum absolute atomic E-state index is 0.106. The van der Waals surface area contributed by atoms with Crippen LogP contribution in [0.3, 0.4) is 0 Å². The molecule has 5 rings (SSSR count). The number of carboxylic acids is 1. The molecule has 2 aliphatic carbocycles. The summed E-state index contributed by atoms with van der Waals surface area (Å²) >= 11 is 0. The second-order valence-electron chi connectivity index (χ2n) is 9.16. The van der Waals surface area contributed by atoms with Crippen molar-refractivity contribution in [1.29, 1.82) is 0 Å². The second-order valence-corrected chi connectivity index (χ2v) is 9.16. The molecule has 0 bridgehead atoms. The van der Waals surface area contributed by atoms with Crippen LogP contribution in [-0.4, -0.2) is 11.9 Å². The number of nitrogens with one attached hydrogen (secondary N) is 1. The van der Waals surface area contributed by atoms with Gasteiger partial charge in [-0.3, -0.25) is 4.79 Å². The van der Waals surface area contributed by atoms with Crippen molar-refractivity contribution in [3.8, 4) is 0 Å². The van der Waals surface area contributed by atoms with Gasteiger partial charge in [-0.15, -0.1) is 0 Å². The molecular weight excluding hydrogens is 398 g/mol. The number of aryl methyl sites for hydroxylation is 4. The zero-order chi connectivity index (χ0) is 22.1. The number of fused-ring (bicyclic) bond motifs is 2. The van der Waals surface area contributed by atoms with Gasteiger partial charge in [0.25, 0.3) is 5.91 Å². The number of carboxylic acid groups (broad SMARTS) is 1. The molecule has 2 aromatic rings. The Morgan fingerprint density at radius 1 is 0.812 bits per heavy atom. The molecule has 0 saturated carbocycles. The fourth-order valence-electron chi connectivity index (χ4n) is 5.30. The molecule has 4 nitrogen and oxygen atoms in total. The van der Waals surface area contributed by atoms with E-state index in [9.17, 15) is 14.7 Å². The van der Waals surface area contributed by atoms with E-state index in [1.54, 1.807) is 0 Å². The predicted octanol–water partition coefficient (Wildman–Crippen LogP) is 3.90. The summed E-state index contributed by atoms with van der Waals surface area (Å²) in [7, 11) is 0. The first-order valence-electron chi connectivity index (χ1n) is 11.8. The Hall–Kier alpha value is -3.14. The SMILES string of the molecule is O=C([O-])CC/C(=C1/C=C(c2ccc3c(c2)CCCC3)NC1=O)c1ccc2c(c1)CCCC2. The summed E-state index contributed by atoms with van der Waals surface area (Å²) in [6.07, 6.45) is 11.2. The number of rotatable bonds is 5. The monoisotopic (exact) mass is 426 g/mol. The zero-order valence-corrected chi connectivity index (χ0v) is 18.3. The third kappa shape index (κ3) is 4.14. The second kappa shape index (κ2) is 8.78. The van der Waals surface area contributed by atoms with Gasteiger partial charge in [0.05, 0.1) is 0 Å². The highest BCUT2D eigenvalue weighted by molar-refractivity contribution is 6.13. The lowest BCUT2D eigenvalue weighted by molar-refractivity contribution is -0.305. The molecule has 4 heteroatoms. The van der Waals surface area contributed by atoms with Crippen LogP contribution in [0.25, 0.3) is 11.3 Å². The molecule has 0 atom stereocenters. The Bertz CT molecular complexity index is 1160. The summed E-state index contributed by atoms with van der Waals surface area (Å²) in [4.78, 5) is 24.2. The Balaban J connectivity index is 1.55. The molecule has 3 aliphatic rings. The fourth-order valence-corrected chi connectivity index (χ4v) is 5.30. The largest absolute Gasteiger partial charge is 0.550 e. The number of allylic oxidation sites excluding steroid dienone is 1. The first-order chi connectivity index (χ1) is 15.6. The van der Waals surface area contributed by atoms with Gasteiger partial charge in [0.1, 0.15) is 0 Å². The van der Waals surface area contributed by atoms with E-state index in [1.807, 2.05) is 12.1 Å². The van der Waals surface area contributed by atoms with Crippen LogP contribution in [0.5, 0.6) is 0 Å². The molecule has 0 saturated heterocycles. The van der Waals surface area contributed by atoms with Crippen molar-refractivity contribution in [2.45, 2.75) is 64.2 Å². The smallest absolute Gasteiger partial charge is 0.256 e. The van der Waals surface area contributed by atoms with E-state index in [0.717, 1.165) is 48.1 Å². The summed E-state index contributed by atoms with van der Waals surface area (Å²) in [6.45, 7) is 0. The molecular formula is C28H28NO3-. The van der Waals surface area contributed by atoms with Crippen LogP contribution < -0.4 is 10.4 Å². The van der Waals surface area contributed by atoms with Gasteiger partial charge in [0.15, 0.2) is 0 Å². The average molecular weight is 427 g/mol. The molecule has 1 amide bonds. The first kappa shape index (κ1) is 20.7. The Labute approximate surface area is 189 Å². The van der Waals surface area contributed by atoms with Gasteiger partial charge in [-0.25, -0.2) is 0 Å². The van der Waals surface area contributed by atoms with Crippen LogP contribution in [0.1, 0.15) is 71.9 Å². The summed E-state index contributed by atoms with van der Waals surface area (Å²) in [5, 5.41) is 14.3. The first-order valence-corrected chi connectivity index (χ1v) is 11.8. The highest BCUT2D eigenvalue weighted by Crippen LogP contribution is 2.34. The predicted molar refractivity (Wildman–Crippen MR) is 123 cm³/mol. The molecule has 2 aromatic carbocycles. The van der Waals surface area contributed by atoms with Crippen molar-refractivity contribution < 1.29 is 14.7 Å². The van der Waals surface area contributed by atoms with Crippen LogP contribution in [0.15, 0.2) is 48.0 Å². The van der Waals surface area contributed by atoms with Crippen molar-refractivity contribution in [2.24, 2.45) is 0 Å². The standard InChI is InChI=1S/C28H29NO3/c30-27(31)14-13-24(22-11-9-18-5-1-3-7-20(18)15-22)25-17-26(29-28(25)32)23-12-10-19-6-2-4-8-21(19)16-23/h9-12,15-17H,1-8,13-14H2,(H,29,32)(H,30,31)/p-1/b25-24+. The molecule has 0 spiro atoms. The summed E-state index contributed by atoms with van der Waals surface area (Å²) < 4.78 is 0. The van der Waals surface area contributed by atoms with E-state index in [2.05, 4.69) is 35.6 Å². The molecule has 32 heavy (non-hydrogen) atoms. The van der Waals surface area contributed by atoms with Gasteiger partial charge in [0, 0.05) is 17.2 Å². The Morgan fingerprint density at radius 2 is 1.44 bits per heavy atom. The maximum absolute atomic E-state index is 13.0. The van der Waals surface area contributed by atoms with Gasteiger partial charge in [-0.2, -0.15) is 0 Å². The molecule has 164 valence electrons. The normalized spacial score (nSPS) is 19.0. The van der Waals surface area contributed by atoms with Gasteiger partial charge in [-0.05, 0) is 115 Å². The number of amides is 1. The topological polar surface area (TPSA) is 69.2 Å². The van der Waals surface area contributed by atoms with Crippen LogP contribution in [0, 0.1) is 0 Å². The maximum atomic E-state index is 13.0. The minimum Gasteiger partial charge on any atom is -0.550 e. The van der Waals surface area contributed by atoms with Crippen molar-refractivity contribution in [3.63, 3.8) is 0 Å². The van der Waals surface area contributed by atoms with Gasteiger partial charge >= 0.3 is 0 Å². The lowest BCUT2D eigenvalue weighted by atomic mass is 9.87. The minimum atomic E-state index is -1.10. The molecule has 0 fully saturated rings. The van der Waals surface area contributed by atoms with E-state index >= 15 is 0 Å². The van der Waals surface area contributed by atoms with Gasteiger partial charge < -0.3 is 15.2 Å². The van der Waals surface area contributed by atoms with E-state index in [0.29, 0.717) is 5.57 Å². The van der Waals surface area contributed by atoms with E-state index in [4.69, 9.17) is 0 Å². The van der Waals surface area contributed by atoms with Crippen molar-refractivity contribution in [1.82, 2.24) is 5.32 Å². The molecule has 0 radical (unpaired) electrons. The number of carbonyl (C=O) groups is 2. The number of carbonyl (C=O) groups excluding carboxylic acids is 2. The highest BCUT2D eigenvalue weighted by Gasteiger charge is 2.24. The van der Waals surface area contributed by atoms with Crippen LogP contribution >= 0.6 is 0 Å². The van der Waals surface area contributed by atoms with Crippen LogP contribution in [0.4, 0.5) is 0 Å². The van der Waals surface area contributed by atoms with E-state index < -0.39 is 5.97 Å². The molecule has 0 aromatic heterocycles. The Morgan fingerprint density at radius 3 is 2.12 bits per heavy atom. The number of aliphatic carboxylic acids is 1. The highest BCUT2D eigenvalue weighted by atomic mass is 16.4. The third-order valence-electron chi connectivity index (χ3n) is 7.04. The number of benzene rings is 2. The summed E-state index contributed by atoms with van der Waals surface area (Å²) in [5.41, 5.74) is 9.56. The number of hydrogen-bond acceptors (Lipinski definition) is 3. The van der Waals surface area contributed by atoms with Crippen LogP contribution in [-0.2, 0) is 35.3 Å². The van der Waals surface area contributed by atoms with Crippen LogP contribution in [0.2, 0.25) is 0 Å². The lowest BCUT2D eigenvalue weighted by Gasteiger charge is -2.18. The summed E-state index contributed by atoms with van der Waals surface area (Å²) in [5.74, 6) is -1.26. The third-order valence-corrected chi connectivity index (χ3v) is 7.04. The Kier molecular flexibility index (Phi) is 5.69. The van der Waals surface area contributed by atoms with Crippen molar-refractivity contribution in [2.75, 3.05) is 0 Å². The average Bonchev–Trinajstić information content (AvgIpc) is 3.20. The van der Waals surface area contributed by atoms with Crippen molar-refractivity contribution in [3.05, 3.63) is 81.4 Å². The molecule has 1 N–H and O–H groups in total.